The molecule has 1 aliphatic carbocycles. The van der Waals surface area contributed by atoms with E-state index in [-0.39, 0.29) is 24.0 Å². The number of nitrogens with zero attached hydrogens (tertiary/aromatic N) is 2. The Kier molecular flexibility index (Phi) is 9.64. The number of para-hydroxylation sites is 1. The number of aliphatic imine (C=N–C) groups is 1. The summed E-state index contributed by atoms with van der Waals surface area (Å²) in [5.41, 5.74) is 3.73. The zero-order valence-corrected chi connectivity index (χ0v) is 21.3. The molecular formula is C24H33IN4OS. The van der Waals surface area contributed by atoms with Crippen LogP contribution in [0.4, 0.5) is 5.69 Å². The molecule has 5 nitrogen and oxygen atoms in total. The van der Waals surface area contributed by atoms with Gasteiger partial charge >= 0.3 is 0 Å². The standard InChI is InChI=1S/C24H32N4OS.HI/c1-25-24(27-17-21-4-2-3-5-23(21)29-18-20-6-7-20)26-16-19-8-10-22(11-9-19)28-12-14-30-15-13-28;/h2-5,8-11,20H,6-7,12-18H2,1H3,(H2,25,26,27);1H. The number of hydrogen-bond acceptors (Lipinski definition) is 4. The lowest BCUT2D eigenvalue weighted by Crippen LogP contribution is -2.36. The minimum atomic E-state index is 0. The molecule has 2 aromatic rings. The number of anilines is 1. The van der Waals surface area contributed by atoms with Gasteiger partial charge in [0.2, 0.25) is 0 Å². The Bertz CT molecular complexity index is 836. The van der Waals surface area contributed by atoms with E-state index in [0.29, 0.717) is 6.54 Å². The maximum absolute atomic E-state index is 6.01. The van der Waals surface area contributed by atoms with E-state index in [1.165, 1.54) is 35.6 Å². The summed E-state index contributed by atoms with van der Waals surface area (Å²) in [5.74, 6) is 4.96. The Balaban J connectivity index is 0.00000272. The summed E-state index contributed by atoms with van der Waals surface area (Å²) in [5, 5.41) is 6.83. The summed E-state index contributed by atoms with van der Waals surface area (Å²) in [4.78, 5) is 6.84. The van der Waals surface area contributed by atoms with Crippen LogP contribution in [0.3, 0.4) is 0 Å². The van der Waals surface area contributed by atoms with Crippen LogP contribution in [0.1, 0.15) is 24.0 Å². The molecule has 0 amide bonds. The lowest BCUT2D eigenvalue weighted by molar-refractivity contribution is 0.296. The molecule has 4 rings (SSSR count). The molecule has 31 heavy (non-hydrogen) atoms. The molecule has 0 bridgehead atoms. The highest BCUT2D eigenvalue weighted by Crippen LogP contribution is 2.30. The first kappa shape index (κ1) is 24.0. The van der Waals surface area contributed by atoms with Gasteiger partial charge in [0, 0.05) is 56.0 Å². The van der Waals surface area contributed by atoms with Crippen molar-refractivity contribution >= 4 is 47.4 Å². The van der Waals surface area contributed by atoms with Crippen molar-refractivity contribution in [3.05, 3.63) is 59.7 Å². The van der Waals surface area contributed by atoms with E-state index in [2.05, 4.69) is 63.0 Å². The first-order valence-electron chi connectivity index (χ1n) is 10.9. The van der Waals surface area contributed by atoms with Crippen LogP contribution < -0.4 is 20.3 Å². The third-order valence-electron chi connectivity index (χ3n) is 5.59. The largest absolute Gasteiger partial charge is 0.493 e. The third-order valence-corrected chi connectivity index (χ3v) is 6.53. The molecule has 1 aliphatic heterocycles. The van der Waals surface area contributed by atoms with Crippen LogP contribution in [0.2, 0.25) is 0 Å². The molecule has 1 heterocycles. The fourth-order valence-electron chi connectivity index (χ4n) is 3.51. The second-order valence-electron chi connectivity index (χ2n) is 7.91. The van der Waals surface area contributed by atoms with Gasteiger partial charge in [-0.3, -0.25) is 4.99 Å². The Labute approximate surface area is 207 Å². The summed E-state index contributed by atoms with van der Waals surface area (Å²) in [7, 11) is 1.81. The van der Waals surface area contributed by atoms with E-state index in [0.717, 1.165) is 49.4 Å². The van der Waals surface area contributed by atoms with E-state index < -0.39 is 0 Å². The first-order valence-corrected chi connectivity index (χ1v) is 12.0. The number of nitrogens with one attached hydrogen (secondary N) is 2. The quantitative estimate of drug-likeness (QED) is 0.287. The van der Waals surface area contributed by atoms with Crippen LogP contribution in [0, 0.1) is 5.92 Å². The molecule has 1 saturated heterocycles. The average Bonchev–Trinajstić information content (AvgIpc) is 3.64. The SMILES string of the molecule is CN=C(NCc1ccc(N2CCSCC2)cc1)NCc1ccccc1OCC1CC1.I. The van der Waals surface area contributed by atoms with Crippen LogP contribution in [-0.4, -0.2) is 44.2 Å². The number of ether oxygens (including phenoxy) is 1. The molecule has 0 spiro atoms. The molecule has 168 valence electrons. The smallest absolute Gasteiger partial charge is 0.191 e. The van der Waals surface area contributed by atoms with Crippen molar-refractivity contribution in [1.29, 1.82) is 0 Å². The van der Waals surface area contributed by atoms with Gasteiger partial charge in [0.1, 0.15) is 5.75 Å². The summed E-state index contributed by atoms with van der Waals surface area (Å²) in [6.45, 7) is 4.55. The van der Waals surface area contributed by atoms with Crippen LogP contribution in [-0.2, 0) is 13.1 Å². The molecule has 2 aliphatic rings. The monoisotopic (exact) mass is 552 g/mol. The lowest BCUT2D eigenvalue weighted by atomic mass is 10.2. The summed E-state index contributed by atoms with van der Waals surface area (Å²) >= 11 is 2.04. The molecule has 0 radical (unpaired) electrons. The molecule has 0 aromatic heterocycles. The van der Waals surface area contributed by atoms with E-state index in [1.807, 2.05) is 24.9 Å². The average molecular weight is 553 g/mol. The van der Waals surface area contributed by atoms with Crippen molar-refractivity contribution in [3.63, 3.8) is 0 Å². The Morgan fingerprint density at radius 2 is 1.74 bits per heavy atom. The van der Waals surface area contributed by atoms with Crippen molar-refractivity contribution in [1.82, 2.24) is 10.6 Å². The van der Waals surface area contributed by atoms with Gasteiger partial charge in [-0.1, -0.05) is 30.3 Å². The number of benzene rings is 2. The maximum Gasteiger partial charge on any atom is 0.191 e. The van der Waals surface area contributed by atoms with Gasteiger partial charge in [-0.2, -0.15) is 11.8 Å². The van der Waals surface area contributed by atoms with E-state index in [4.69, 9.17) is 4.74 Å². The molecule has 2 aromatic carbocycles. The molecular weight excluding hydrogens is 519 g/mol. The van der Waals surface area contributed by atoms with Crippen molar-refractivity contribution < 1.29 is 4.74 Å². The molecule has 7 heteroatoms. The van der Waals surface area contributed by atoms with Crippen molar-refractivity contribution in [2.24, 2.45) is 10.9 Å². The molecule has 2 fully saturated rings. The van der Waals surface area contributed by atoms with Gasteiger partial charge in [0.05, 0.1) is 6.61 Å². The lowest BCUT2D eigenvalue weighted by Gasteiger charge is -2.28. The van der Waals surface area contributed by atoms with E-state index in [9.17, 15) is 0 Å². The Morgan fingerprint density at radius 3 is 2.45 bits per heavy atom. The molecule has 0 unspecified atom stereocenters. The fourth-order valence-corrected chi connectivity index (χ4v) is 4.42. The van der Waals surface area contributed by atoms with Gasteiger partial charge in [0.25, 0.3) is 0 Å². The molecule has 1 saturated carbocycles. The van der Waals surface area contributed by atoms with Gasteiger partial charge in [-0.25, -0.2) is 0 Å². The highest BCUT2D eigenvalue weighted by atomic mass is 127. The zero-order chi connectivity index (χ0) is 20.6. The second-order valence-corrected chi connectivity index (χ2v) is 9.13. The fraction of sp³-hybridized carbons (Fsp3) is 0.458. The van der Waals surface area contributed by atoms with Gasteiger partial charge < -0.3 is 20.3 Å². The minimum absolute atomic E-state index is 0. The summed E-state index contributed by atoms with van der Waals surface area (Å²) < 4.78 is 6.01. The van der Waals surface area contributed by atoms with Crippen LogP contribution in [0.5, 0.6) is 5.75 Å². The number of rotatable bonds is 8. The van der Waals surface area contributed by atoms with Crippen molar-refractivity contribution in [2.45, 2.75) is 25.9 Å². The number of guanidine groups is 1. The number of thioether (sulfide) groups is 1. The first-order chi connectivity index (χ1) is 14.8. The highest BCUT2D eigenvalue weighted by Gasteiger charge is 2.22. The second kappa shape index (κ2) is 12.4. The van der Waals surface area contributed by atoms with Gasteiger partial charge in [0.15, 0.2) is 5.96 Å². The molecule has 2 N–H and O–H groups in total. The van der Waals surface area contributed by atoms with Crippen LogP contribution in [0.15, 0.2) is 53.5 Å². The summed E-state index contributed by atoms with van der Waals surface area (Å²) in [6, 6.07) is 17.1. The Morgan fingerprint density at radius 1 is 1.03 bits per heavy atom. The predicted octanol–water partition coefficient (Wildman–Crippen LogP) is 4.51. The topological polar surface area (TPSA) is 48.9 Å². The maximum atomic E-state index is 6.01. The van der Waals surface area contributed by atoms with E-state index >= 15 is 0 Å². The normalized spacial score (nSPS) is 16.4. The predicted molar refractivity (Wildman–Crippen MR) is 143 cm³/mol. The van der Waals surface area contributed by atoms with Crippen LogP contribution in [0.25, 0.3) is 0 Å². The van der Waals surface area contributed by atoms with E-state index in [1.54, 1.807) is 0 Å². The van der Waals surface area contributed by atoms with Crippen molar-refractivity contribution in [3.8, 4) is 5.75 Å². The summed E-state index contributed by atoms with van der Waals surface area (Å²) in [6.07, 6.45) is 2.60. The zero-order valence-electron chi connectivity index (χ0n) is 18.2. The Hall–Kier alpha value is -1.61. The van der Waals surface area contributed by atoms with Crippen LogP contribution >= 0.6 is 35.7 Å². The number of halogens is 1. The number of hydrogen-bond donors (Lipinski definition) is 2. The van der Waals surface area contributed by atoms with Gasteiger partial charge in [-0.15, -0.1) is 24.0 Å². The van der Waals surface area contributed by atoms with Gasteiger partial charge in [-0.05, 0) is 42.5 Å². The van der Waals surface area contributed by atoms with Crippen molar-refractivity contribution in [2.75, 3.05) is 43.1 Å². The minimum Gasteiger partial charge on any atom is -0.493 e. The highest BCUT2D eigenvalue weighted by molar-refractivity contribution is 14.0. The molecule has 0 atom stereocenters. The third kappa shape index (κ3) is 7.49.